The number of carbonyl (C=O) groups excluding carboxylic acids is 1. The van der Waals surface area contributed by atoms with E-state index in [1.807, 2.05) is 0 Å². The Kier molecular flexibility index (Phi) is 4.42. The predicted molar refractivity (Wildman–Crippen MR) is 65.0 cm³/mol. The number of alkyl halides is 1. The maximum absolute atomic E-state index is 11.4. The van der Waals surface area contributed by atoms with Gasteiger partial charge in [-0.15, -0.1) is 0 Å². The fourth-order valence-corrected chi connectivity index (χ4v) is 3.17. The van der Waals surface area contributed by atoms with Gasteiger partial charge in [-0.2, -0.15) is 0 Å². The Hall–Kier alpha value is 0.620. The molecular formula is C8H4Br3ClO. The molecule has 70 valence electrons. The lowest BCUT2D eigenvalue weighted by Crippen LogP contribution is -2.02. The summed E-state index contributed by atoms with van der Waals surface area (Å²) in [6.07, 6.45) is 0. The van der Waals surface area contributed by atoms with E-state index in [-0.39, 0.29) is 11.1 Å². The highest BCUT2D eigenvalue weighted by atomic mass is 79.9. The highest BCUT2D eigenvalue weighted by Gasteiger charge is 2.13. The summed E-state index contributed by atoms with van der Waals surface area (Å²) in [5, 5.41) is 0.721. The quantitative estimate of drug-likeness (QED) is 0.538. The van der Waals surface area contributed by atoms with Crippen LogP contribution in [-0.2, 0) is 0 Å². The Morgan fingerprint density at radius 1 is 1.38 bits per heavy atom. The number of benzene rings is 1. The summed E-state index contributed by atoms with van der Waals surface area (Å²) in [4.78, 5) is 11.4. The van der Waals surface area contributed by atoms with Gasteiger partial charge in [0, 0.05) is 8.95 Å². The standard InChI is InChI=1S/C8H4Br3ClO/c9-3-7(13)8-5(11)1-4(10)2-6(8)12/h1-2H,3H2. The lowest BCUT2D eigenvalue weighted by molar-refractivity contribution is 0.102. The summed E-state index contributed by atoms with van der Waals surface area (Å²) in [6.45, 7) is 0. The van der Waals surface area contributed by atoms with Crippen LogP contribution in [0, 0.1) is 0 Å². The summed E-state index contributed by atoms with van der Waals surface area (Å²) in [5.41, 5.74) is 0.516. The van der Waals surface area contributed by atoms with Gasteiger partial charge in [0.1, 0.15) is 0 Å². The van der Waals surface area contributed by atoms with E-state index in [4.69, 9.17) is 11.6 Å². The van der Waals surface area contributed by atoms with Crippen molar-refractivity contribution in [1.82, 2.24) is 0 Å². The van der Waals surface area contributed by atoms with Crippen LogP contribution in [0.3, 0.4) is 0 Å². The molecule has 0 atom stereocenters. The zero-order valence-corrected chi connectivity index (χ0v) is 11.8. The minimum atomic E-state index is -0.0376. The number of hydrogen-bond acceptors (Lipinski definition) is 1. The van der Waals surface area contributed by atoms with Gasteiger partial charge >= 0.3 is 0 Å². The summed E-state index contributed by atoms with van der Waals surface area (Å²) < 4.78 is 1.55. The first-order valence-electron chi connectivity index (χ1n) is 3.30. The molecule has 0 fully saturated rings. The van der Waals surface area contributed by atoms with Crippen molar-refractivity contribution in [2.24, 2.45) is 0 Å². The summed E-state index contributed by atoms with van der Waals surface area (Å²) >= 11 is 15.6. The Morgan fingerprint density at radius 3 is 2.46 bits per heavy atom. The van der Waals surface area contributed by atoms with Gasteiger partial charge in [-0.25, -0.2) is 0 Å². The van der Waals surface area contributed by atoms with E-state index in [1.165, 1.54) is 0 Å². The lowest BCUT2D eigenvalue weighted by atomic mass is 10.1. The Balaban J connectivity index is 3.28. The number of halogens is 4. The maximum Gasteiger partial charge on any atom is 0.176 e. The molecule has 1 nitrogen and oxygen atoms in total. The number of hydrogen-bond donors (Lipinski definition) is 0. The van der Waals surface area contributed by atoms with Crippen LogP contribution in [0.2, 0.25) is 5.02 Å². The predicted octanol–water partition coefficient (Wildman–Crippen LogP) is 4.44. The minimum absolute atomic E-state index is 0.0376. The highest BCUT2D eigenvalue weighted by Crippen LogP contribution is 2.30. The molecule has 0 saturated heterocycles. The SMILES string of the molecule is O=C(CBr)c1c(Cl)cc(Br)cc1Br. The second-order valence-electron chi connectivity index (χ2n) is 2.30. The monoisotopic (exact) mass is 388 g/mol. The molecule has 13 heavy (non-hydrogen) atoms. The lowest BCUT2D eigenvalue weighted by Gasteiger charge is -2.04. The van der Waals surface area contributed by atoms with Crippen molar-refractivity contribution in [2.45, 2.75) is 0 Å². The molecule has 0 bridgehead atoms. The van der Waals surface area contributed by atoms with Crippen LogP contribution < -0.4 is 0 Å². The van der Waals surface area contributed by atoms with Crippen molar-refractivity contribution >= 4 is 65.2 Å². The zero-order valence-electron chi connectivity index (χ0n) is 6.28. The van der Waals surface area contributed by atoms with Gasteiger partial charge in [-0.3, -0.25) is 4.79 Å². The van der Waals surface area contributed by atoms with Crippen LogP contribution in [0.1, 0.15) is 10.4 Å². The fourth-order valence-electron chi connectivity index (χ4n) is 0.875. The number of carbonyl (C=O) groups is 1. The summed E-state index contributed by atoms with van der Waals surface area (Å²) in [5.74, 6) is -0.0376. The van der Waals surface area contributed by atoms with Crippen LogP contribution in [0.25, 0.3) is 0 Å². The first kappa shape index (κ1) is 11.7. The van der Waals surface area contributed by atoms with E-state index in [0.717, 1.165) is 4.47 Å². The average molecular weight is 391 g/mol. The third kappa shape index (κ3) is 2.78. The molecule has 1 aromatic carbocycles. The van der Waals surface area contributed by atoms with Crippen LogP contribution in [0.15, 0.2) is 21.1 Å². The summed E-state index contributed by atoms with van der Waals surface area (Å²) in [6, 6.07) is 3.49. The molecular weight excluding hydrogens is 387 g/mol. The van der Waals surface area contributed by atoms with Gasteiger partial charge in [-0.1, -0.05) is 43.5 Å². The van der Waals surface area contributed by atoms with E-state index in [1.54, 1.807) is 12.1 Å². The molecule has 0 radical (unpaired) electrons. The number of rotatable bonds is 2. The molecule has 0 aliphatic heterocycles. The third-order valence-electron chi connectivity index (χ3n) is 1.41. The van der Waals surface area contributed by atoms with Crippen LogP contribution >= 0.6 is 59.4 Å². The van der Waals surface area contributed by atoms with Gasteiger partial charge in [0.15, 0.2) is 5.78 Å². The fraction of sp³-hybridized carbons (Fsp3) is 0.125. The Morgan fingerprint density at radius 2 is 2.00 bits per heavy atom. The van der Waals surface area contributed by atoms with Gasteiger partial charge in [0.05, 0.1) is 15.9 Å². The molecule has 0 amide bonds. The van der Waals surface area contributed by atoms with Crippen molar-refractivity contribution in [3.63, 3.8) is 0 Å². The zero-order chi connectivity index (χ0) is 10.0. The van der Waals surface area contributed by atoms with Crippen molar-refractivity contribution in [1.29, 1.82) is 0 Å². The number of Topliss-reactive ketones (excluding diaryl/α,β-unsaturated/α-hetero) is 1. The average Bonchev–Trinajstić information content (AvgIpc) is 2.02. The van der Waals surface area contributed by atoms with E-state index in [0.29, 0.717) is 15.1 Å². The largest absolute Gasteiger partial charge is 0.293 e. The third-order valence-corrected chi connectivity index (χ3v) is 3.30. The van der Waals surface area contributed by atoms with Gasteiger partial charge < -0.3 is 0 Å². The number of ketones is 1. The van der Waals surface area contributed by atoms with Crippen LogP contribution in [0.5, 0.6) is 0 Å². The molecule has 0 saturated carbocycles. The van der Waals surface area contributed by atoms with Gasteiger partial charge in [-0.05, 0) is 28.1 Å². The molecule has 5 heteroatoms. The molecule has 0 aromatic heterocycles. The molecule has 0 N–H and O–H groups in total. The van der Waals surface area contributed by atoms with Crippen LogP contribution in [-0.4, -0.2) is 11.1 Å². The first-order chi connectivity index (χ1) is 6.06. The first-order valence-corrected chi connectivity index (χ1v) is 6.38. The smallest absolute Gasteiger partial charge is 0.176 e. The Labute approximate surface area is 106 Å². The molecule has 1 rings (SSSR count). The maximum atomic E-state index is 11.4. The molecule has 0 aliphatic rings. The van der Waals surface area contributed by atoms with E-state index in [2.05, 4.69) is 47.8 Å². The second-order valence-corrected chi connectivity index (χ2v) is 5.04. The van der Waals surface area contributed by atoms with Gasteiger partial charge in [0.2, 0.25) is 0 Å². The topological polar surface area (TPSA) is 17.1 Å². The van der Waals surface area contributed by atoms with E-state index < -0.39 is 0 Å². The van der Waals surface area contributed by atoms with Crippen molar-refractivity contribution in [3.05, 3.63) is 31.7 Å². The highest BCUT2D eigenvalue weighted by molar-refractivity contribution is 9.11. The van der Waals surface area contributed by atoms with Crippen molar-refractivity contribution in [3.8, 4) is 0 Å². The van der Waals surface area contributed by atoms with Crippen LogP contribution in [0.4, 0.5) is 0 Å². The molecule has 1 aromatic rings. The molecule has 0 heterocycles. The van der Waals surface area contributed by atoms with E-state index >= 15 is 0 Å². The van der Waals surface area contributed by atoms with Gasteiger partial charge in [0.25, 0.3) is 0 Å². The Bertz CT molecular complexity index is 328. The molecule has 0 spiro atoms. The normalized spacial score (nSPS) is 10.2. The minimum Gasteiger partial charge on any atom is -0.293 e. The van der Waals surface area contributed by atoms with Crippen molar-refractivity contribution < 1.29 is 4.79 Å². The van der Waals surface area contributed by atoms with E-state index in [9.17, 15) is 4.79 Å². The summed E-state index contributed by atoms with van der Waals surface area (Å²) in [7, 11) is 0. The molecule has 0 unspecified atom stereocenters. The second kappa shape index (κ2) is 4.91. The molecule has 0 aliphatic carbocycles. The van der Waals surface area contributed by atoms with Crippen molar-refractivity contribution in [2.75, 3.05) is 5.33 Å².